The van der Waals surface area contributed by atoms with E-state index in [9.17, 15) is 33.9 Å². The molecule has 1 aromatic rings. The van der Waals surface area contributed by atoms with Crippen LogP contribution in [-0.4, -0.2) is 97.4 Å². The minimum absolute atomic E-state index is 0.0479. The molecule has 0 aliphatic rings. The third-order valence-corrected chi connectivity index (χ3v) is 4.98. The number of amides is 4. The van der Waals surface area contributed by atoms with Crippen molar-refractivity contribution in [3.8, 4) is 0 Å². The second-order valence-corrected chi connectivity index (χ2v) is 8.16. The van der Waals surface area contributed by atoms with E-state index in [2.05, 4.69) is 21.3 Å². The third-order valence-electron chi connectivity index (χ3n) is 4.98. The Kier molecular flexibility index (Phi) is 14.7. The van der Waals surface area contributed by atoms with Gasteiger partial charge in [-0.25, -0.2) is 0 Å². The third kappa shape index (κ3) is 13.3. The van der Waals surface area contributed by atoms with Crippen LogP contribution in [0, 0.1) is 0 Å². The molecule has 0 radical (unpaired) electrons. The fourth-order valence-corrected chi connectivity index (χ4v) is 3.23. The molecule has 38 heavy (non-hydrogen) atoms. The summed E-state index contributed by atoms with van der Waals surface area (Å²) in [5, 5.41) is 27.8. The zero-order valence-electron chi connectivity index (χ0n) is 21.2. The van der Waals surface area contributed by atoms with Crippen molar-refractivity contribution < 1.29 is 48.5 Å². The van der Waals surface area contributed by atoms with Crippen molar-refractivity contribution in [1.29, 1.82) is 0 Å². The molecular formula is C24H34N4O10. The van der Waals surface area contributed by atoms with E-state index in [0.717, 1.165) is 6.92 Å². The molecule has 210 valence electrons. The summed E-state index contributed by atoms with van der Waals surface area (Å²) in [7, 11) is 1.50. The van der Waals surface area contributed by atoms with Gasteiger partial charge in [-0.05, 0) is 5.56 Å². The molecule has 1 aromatic carbocycles. The van der Waals surface area contributed by atoms with E-state index >= 15 is 0 Å². The topological polar surface area (TPSA) is 209 Å². The standard InChI is InChI=1S/C24H34N4O10/c1-15(29)26-19(14-21(32)33)24(36)27-17(12-16-6-4-3-5-7-16)23(35)28-18(13-20(30)31)22(34)25-8-9-38-11-10-37-2/h3-7,17-19H,8-14H2,1-2H3,(H,25,34)(H,26,29)(H,27,36)(H,28,35)(H,30,31)(H,32,33)/t17-,18-,19-/m0/s1. The molecule has 3 atom stereocenters. The van der Waals surface area contributed by atoms with Crippen LogP contribution in [0.1, 0.15) is 25.3 Å². The highest BCUT2D eigenvalue weighted by Crippen LogP contribution is 2.06. The van der Waals surface area contributed by atoms with Crippen molar-refractivity contribution in [1.82, 2.24) is 21.3 Å². The smallest absolute Gasteiger partial charge is 0.305 e. The van der Waals surface area contributed by atoms with Gasteiger partial charge >= 0.3 is 11.9 Å². The van der Waals surface area contributed by atoms with Crippen molar-refractivity contribution in [3.63, 3.8) is 0 Å². The molecule has 6 N–H and O–H groups in total. The first-order valence-electron chi connectivity index (χ1n) is 11.7. The summed E-state index contributed by atoms with van der Waals surface area (Å²) in [5.41, 5.74) is 0.620. The maximum Gasteiger partial charge on any atom is 0.305 e. The molecule has 14 nitrogen and oxygen atoms in total. The van der Waals surface area contributed by atoms with Crippen molar-refractivity contribution in [3.05, 3.63) is 35.9 Å². The molecule has 1 rings (SSSR count). The fourth-order valence-electron chi connectivity index (χ4n) is 3.23. The van der Waals surface area contributed by atoms with Gasteiger partial charge in [0, 0.05) is 27.0 Å². The van der Waals surface area contributed by atoms with Crippen LogP contribution in [-0.2, 0) is 44.7 Å². The summed E-state index contributed by atoms with van der Waals surface area (Å²) in [6.07, 6.45) is -1.53. The molecule has 0 spiro atoms. The summed E-state index contributed by atoms with van der Waals surface area (Å²) in [6, 6.07) is 4.24. The Balaban J connectivity index is 3.02. The quantitative estimate of drug-likeness (QED) is 0.118. The van der Waals surface area contributed by atoms with Crippen LogP contribution in [0.25, 0.3) is 0 Å². The Labute approximate surface area is 219 Å². The van der Waals surface area contributed by atoms with Gasteiger partial charge in [-0.3, -0.25) is 28.8 Å². The zero-order valence-corrected chi connectivity index (χ0v) is 21.2. The van der Waals surface area contributed by atoms with E-state index in [4.69, 9.17) is 14.6 Å². The molecule has 0 aliphatic heterocycles. The van der Waals surface area contributed by atoms with E-state index in [1.165, 1.54) is 7.11 Å². The number of methoxy groups -OCH3 is 1. The van der Waals surface area contributed by atoms with Gasteiger partial charge in [0.2, 0.25) is 23.6 Å². The van der Waals surface area contributed by atoms with Crippen molar-refractivity contribution in [2.75, 3.05) is 33.5 Å². The number of carbonyl (C=O) groups excluding carboxylic acids is 4. The molecule has 14 heteroatoms. The average Bonchev–Trinajstić information content (AvgIpc) is 2.84. The molecule has 0 fully saturated rings. The van der Waals surface area contributed by atoms with Gasteiger partial charge in [0.15, 0.2) is 0 Å². The highest BCUT2D eigenvalue weighted by atomic mass is 16.5. The van der Waals surface area contributed by atoms with Gasteiger partial charge in [0.1, 0.15) is 18.1 Å². The Morgan fingerprint density at radius 2 is 1.32 bits per heavy atom. The Morgan fingerprint density at radius 3 is 1.87 bits per heavy atom. The molecule has 0 aromatic heterocycles. The van der Waals surface area contributed by atoms with Crippen LogP contribution in [0.15, 0.2) is 30.3 Å². The van der Waals surface area contributed by atoms with Gasteiger partial charge in [-0.1, -0.05) is 30.3 Å². The number of benzene rings is 1. The highest BCUT2D eigenvalue weighted by molar-refractivity contribution is 5.96. The zero-order chi connectivity index (χ0) is 28.5. The van der Waals surface area contributed by atoms with Gasteiger partial charge in [0.05, 0.1) is 32.7 Å². The molecule has 0 unspecified atom stereocenters. The summed E-state index contributed by atoms with van der Waals surface area (Å²) in [5.74, 6) is -5.95. The Hall–Kier alpha value is -4.04. The number of hydrogen-bond acceptors (Lipinski definition) is 8. The number of carbonyl (C=O) groups is 6. The van der Waals surface area contributed by atoms with Crippen molar-refractivity contribution in [2.45, 2.75) is 44.3 Å². The predicted octanol–water partition coefficient (Wildman–Crippen LogP) is -1.57. The lowest BCUT2D eigenvalue weighted by molar-refractivity contribution is -0.141. The molecule has 0 saturated heterocycles. The van der Waals surface area contributed by atoms with Gasteiger partial charge in [-0.15, -0.1) is 0 Å². The van der Waals surface area contributed by atoms with E-state index in [1.807, 2.05) is 0 Å². The number of aliphatic carboxylic acids is 2. The first-order valence-corrected chi connectivity index (χ1v) is 11.7. The predicted molar refractivity (Wildman–Crippen MR) is 132 cm³/mol. The lowest BCUT2D eigenvalue weighted by Crippen LogP contribution is -2.58. The largest absolute Gasteiger partial charge is 0.481 e. The second kappa shape index (κ2) is 17.4. The first kappa shape index (κ1) is 32.0. The number of carboxylic acid groups (broad SMARTS) is 2. The summed E-state index contributed by atoms with van der Waals surface area (Å²) in [4.78, 5) is 72.5. The van der Waals surface area contributed by atoms with E-state index in [0.29, 0.717) is 18.8 Å². The van der Waals surface area contributed by atoms with Crippen LogP contribution in [0.4, 0.5) is 0 Å². The maximum atomic E-state index is 13.2. The number of ether oxygens (including phenoxy) is 2. The molecular weight excluding hydrogens is 504 g/mol. The fraction of sp³-hybridized carbons (Fsp3) is 0.500. The first-order chi connectivity index (χ1) is 18.0. The van der Waals surface area contributed by atoms with Crippen LogP contribution < -0.4 is 21.3 Å². The Bertz CT molecular complexity index is 941. The monoisotopic (exact) mass is 538 g/mol. The van der Waals surface area contributed by atoms with Crippen LogP contribution in [0.5, 0.6) is 0 Å². The minimum Gasteiger partial charge on any atom is -0.481 e. The number of carboxylic acids is 2. The summed E-state index contributed by atoms with van der Waals surface area (Å²) in [6.45, 7) is 1.93. The molecule has 0 bridgehead atoms. The van der Waals surface area contributed by atoms with Crippen LogP contribution >= 0.6 is 0 Å². The SMILES string of the molecule is COCCOCCNC(=O)[C@H](CC(=O)O)NC(=O)[C@H](Cc1ccccc1)NC(=O)[C@H](CC(=O)O)NC(C)=O. The molecule has 0 saturated carbocycles. The number of rotatable bonds is 18. The van der Waals surface area contributed by atoms with Gasteiger partial charge in [0.25, 0.3) is 0 Å². The Morgan fingerprint density at radius 1 is 0.763 bits per heavy atom. The van der Waals surface area contributed by atoms with Crippen molar-refractivity contribution in [2.24, 2.45) is 0 Å². The van der Waals surface area contributed by atoms with Gasteiger partial charge < -0.3 is 41.0 Å². The number of hydrogen-bond donors (Lipinski definition) is 6. The normalized spacial score (nSPS) is 12.9. The summed E-state index contributed by atoms with van der Waals surface area (Å²) >= 11 is 0. The van der Waals surface area contributed by atoms with Gasteiger partial charge in [-0.2, -0.15) is 0 Å². The maximum absolute atomic E-state index is 13.2. The second-order valence-electron chi connectivity index (χ2n) is 8.16. The van der Waals surface area contributed by atoms with E-state index < -0.39 is 66.5 Å². The molecule has 4 amide bonds. The van der Waals surface area contributed by atoms with E-state index in [1.54, 1.807) is 30.3 Å². The number of nitrogens with one attached hydrogen (secondary N) is 4. The molecule has 0 aliphatic carbocycles. The average molecular weight is 539 g/mol. The summed E-state index contributed by atoms with van der Waals surface area (Å²) < 4.78 is 10.1. The van der Waals surface area contributed by atoms with Crippen LogP contribution in [0.3, 0.4) is 0 Å². The van der Waals surface area contributed by atoms with E-state index in [-0.39, 0.29) is 19.6 Å². The lowest BCUT2D eigenvalue weighted by atomic mass is 10.0. The highest BCUT2D eigenvalue weighted by Gasteiger charge is 2.31. The molecule has 0 heterocycles. The lowest BCUT2D eigenvalue weighted by Gasteiger charge is -2.24. The minimum atomic E-state index is -1.47. The van der Waals surface area contributed by atoms with Crippen LogP contribution in [0.2, 0.25) is 0 Å². The van der Waals surface area contributed by atoms with Crippen molar-refractivity contribution >= 4 is 35.6 Å².